The van der Waals surface area contributed by atoms with Crippen molar-refractivity contribution in [2.45, 2.75) is 52.2 Å². The maximum absolute atomic E-state index is 11.1. The molecular formula is C12H22N4OS. The molecular weight excluding hydrogens is 248 g/mol. The van der Waals surface area contributed by atoms with Crippen molar-refractivity contribution < 1.29 is 4.79 Å². The predicted molar refractivity (Wildman–Crippen MR) is 75.3 cm³/mol. The summed E-state index contributed by atoms with van der Waals surface area (Å²) in [4.78, 5) is 15.3. The fourth-order valence-electron chi connectivity index (χ4n) is 2.05. The molecule has 0 fully saturated rings. The maximum atomic E-state index is 11.1. The summed E-state index contributed by atoms with van der Waals surface area (Å²) in [7, 11) is 0. The smallest absolute Gasteiger partial charge is 0.217 e. The van der Waals surface area contributed by atoms with Gasteiger partial charge in [0.25, 0.3) is 0 Å². The number of hydrogen-bond acceptors (Lipinski definition) is 5. The van der Waals surface area contributed by atoms with E-state index in [9.17, 15) is 4.79 Å². The second kappa shape index (κ2) is 6.15. The van der Waals surface area contributed by atoms with E-state index in [1.165, 1.54) is 18.3 Å². The Morgan fingerprint density at radius 3 is 2.78 bits per heavy atom. The predicted octanol–water partition coefficient (Wildman–Crippen LogP) is 1.51. The van der Waals surface area contributed by atoms with E-state index in [4.69, 9.17) is 5.73 Å². The summed E-state index contributed by atoms with van der Waals surface area (Å²) in [6.45, 7) is 8.38. The normalized spacial score (nSPS) is 13.3. The number of carbonyl (C=O) groups is 1. The van der Waals surface area contributed by atoms with Crippen molar-refractivity contribution in [2.75, 3.05) is 5.73 Å². The molecule has 0 radical (unpaired) electrons. The van der Waals surface area contributed by atoms with Crippen LogP contribution >= 0.6 is 11.3 Å². The van der Waals surface area contributed by atoms with Crippen LogP contribution in [0.5, 0.6) is 0 Å². The molecule has 0 bridgehead atoms. The Morgan fingerprint density at radius 1 is 1.61 bits per heavy atom. The van der Waals surface area contributed by atoms with E-state index in [1.54, 1.807) is 0 Å². The molecule has 0 spiro atoms. The number of nitrogens with one attached hydrogen (secondary N) is 2. The largest absolute Gasteiger partial charge is 0.375 e. The lowest BCUT2D eigenvalue weighted by Crippen LogP contribution is -2.46. The van der Waals surface area contributed by atoms with Crippen molar-refractivity contribution in [3.63, 3.8) is 0 Å². The molecule has 18 heavy (non-hydrogen) atoms. The van der Waals surface area contributed by atoms with Gasteiger partial charge < -0.3 is 16.4 Å². The monoisotopic (exact) mass is 270 g/mol. The lowest BCUT2D eigenvalue weighted by Gasteiger charge is -2.29. The Morgan fingerprint density at radius 2 is 2.28 bits per heavy atom. The van der Waals surface area contributed by atoms with Crippen LogP contribution in [0.4, 0.5) is 5.13 Å². The van der Waals surface area contributed by atoms with Gasteiger partial charge in [0, 0.05) is 30.4 Å². The van der Waals surface area contributed by atoms with E-state index in [2.05, 4.69) is 22.5 Å². The fourth-order valence-corrected chi connectivity index (χ4v) is 2.61. The highest BCUT2D eigenvalue weighted by atomic mass is 32.1. The topological polar surface area (TPSA) is 80.0 Å². The van der Waals surface area contributed by atoms with E-state index in [0.29, 0.717) is 11.7 Å². The molecule has 1 atom stereocenters. The lowest BCUT2D eigenvalue weighted by molar-refractivity contribution is -0.120. The molecule has 1 heterocycles. The zero-order chi connectivity index (χ0) is 13.8. The summed E-state index contributed by atoms with van der Waals surface area (Å²) >= 11 is 1.45. The molecule has 1 rings (SSSR count). The van der Waals surface area contributed by atoms with E-state index in [1.807, 2.05) is 19.2 Å². The molecule has 0 aliphatic carbocycles. The highest BCUT2D eigenvalue weighted by Crippen LogP contribution is 2.13. The second-order valence-electron chi connectivity index (χ2n) is 5.23. The molecule has 102 valence electrons. The third kappa shape index (κ3) is 5.46. The first-order chi connectivity index (χ1) is 8.28. The summed E-state index contributed by atoms with van der Waals surface area (Å²) in [6.07, 6.45) is 0.853. The molecule has 0 aliphatic rings. The van der Waals surface area contributed by atoms with Crippen molar-refractivity contribution in [3.8, 4) is 0 Å². The zero-order valence-electron chi connectivity index (χ0n) is 11.4. The second-order valence-corrected chi connectivity index (χ2v) is 6.12. The Hall–Kier alpha value is -1.14. The highest BCUT2D eigenvalue weighted by molar-refractivity contribution is 7.13. The molecule has 1 aromatic heterocycles. The zero-order valence-corrected chi connectivity index (χ0v) is 12.2. The van der Waals surface area contributed by atoms with Crippen LogP contribution in [-0.4, -0.2) is 22.5 Å². The van der Waals surface area contributed by atoms with Gasteiger partial charge in [0.05, 0.1) is 5.69 Å². The molecule has 5 nitrogen and oxygen atoms in total. The van der Waals surface area contributed by atoms with Crippen LogP contribution in [0.3, 0.4) is 0 Å². The van der Waals surface area contributed by atoms with E-state index >= 15 is 0 Å². The summed E-state index contributed by atoms with van der Waals surface area (Å²) in [6, 6.07) is 0.287. The molecule has 1 aromatic rings. The minimum Gasteiger partial charge on any atom is -0.375 e. The number of thiazole rings is 1. The van der Waals surface area contributed by atoms with E-state index in [0.717, 1.165) is 12.1 Å². The first kappa shape index (κ1) is 14.9. The fraction of sp³-hybridized carbons (Fsp3) is 0.667. The summed E-state index contributed by atoms with van der Waals surface area (Å²) in [5.74, 6) is -0.000486. The van der Waals surface area contributed by atoms with Crippen LogP contribution in [0.15, 0.2) is 5.38 Å². The van der Waals surface area contributed by atoms with Gasteiger partial charge >= 0.3 is 0 Å². The van der Waals surface area contributed by atoms with E-state index in [-0.39, 0.29) is 17.5 Å². The minimum atomic E-state index is -0.209. The lowest BCUT2D eigenvalue weighted by atomic mass is 9.96. The third-order valence-corrected chi connectivity index (χ3v) is 3.25. The van der Waals surface area contributed by atoms with Gasteiger partial charge in [0.15, 0.2) is 5.13 Å². The van der Waals surface area contributed by atoms with Gasteiger partial charge in [0.2, 0.25) is 5.91 Å². The Labute approximate surface area is 112 Å². The summed E-state index contributed by atoms with van der Waals surface area (Å²) in [5.41, 5.74) is 6.32. The number of hydrogen-bond donors (Lipinski definition) is 3. The number of nitrogens with zero attached hydrogens (tertiary/aromatic N) is 1. The standard InChI is InChI=1S/C12H22N4OS/c1-8(5-12(3,4)16-9(2)17)14-6-10-7-18-11(13)15-10/h7-8,14H,5-6H2,1-4H3,(H2,13,15)(H,16,17)/t8-/m1/s1. The summed E-state index contributed by atoms with van der Waals surface area (Å²) in [5, 5.41) is 8.87. The Kier molecular flexibility index (Phi) is 5.10. The van der Waals surface area contributed by atoms with Crippen molar-refractivity contribution in [1.29, 1.82) is 0 Å². The van der Waals surface area contributed by atoms with Gasteiger partial charge in [-0.25, -0.2) is 4.98 Å². The molecule has 1 amide bonds. The maximum Gasteiger partial charge on any atom is 0.217 e. The first-order valence-corrected chi connectivity index (χ1v) is 6.88. The van der Waals surface area contributed by atoms with Gasteiger partial charge in [-0.1, -0.05) is 0 Å². The van der Waals surface area contributed by atoms with E-state index < -0.39 is 0 Å². The van der Waals surface area contributed by atoms with Crippen LogP contribution in [0, 0.1) is 0 Å². The number of carbonyl (C=O) groups excluding carboxylic acids is 1. The van der Waals surface area contributed by atoms with Crippen LogP contribution in [-0.2, 0) is 11.3 Å². The molecule has 6 heteroatoms. The molecule has 4 N–H and O–H groups in total. The average Bonchev–Trinajstić information content (AvgIpc) is 2.58. The Balaban J connectivity index is 2.37. The quantitative estimate of drug-likeness (QED) is 0.732. The van der Waals surface area contributed by atoms with Gasteiger partial charge in [-0.3, -0.25) is 4.79 Å². The van der Waals surface area contributed by atoms with Crippen molar-refractivity contribution in [2.24, 2.45) is 0 Å². The molecule has 0 saturated carbocycles. The molecule has 0 unspecified atom stereocenters. The van der Waals surface area contributed by atoms with Crippen LogP contribution in [0.25, 0.3) is 0 Å². The van der Waals surface area contributed by atoms with Crippen LogP contribution < -0.4 is 16.4 Å². The molecule has 0 aromatic carbocycles. The van der Waals surface area contributed by atoms with Gasteiger partial charge in [-0.15, -0.1) is 11.3 Å². The van der Waals surface area contributed by atoms with Gasteiger partial charge in [-0.05, 0) is 27.2 Å². The average molecular weight is 270 g/mol. The Bertz CT molecular complexity index is 403. The number of rotatable bonds is 6. The molecule has 0 aliphatic heterocycles. The van der Waals surface area contributed by atoms with Crippen molar-refractivity contribution in [1.82, 2.24) is 15.6 Å². The number of nitrogens with two attached hydrogens (primary N) is 1. The number of aromatic nitrogens is 1. The van der Waals surface area contributed by atoms with Gasteiger partial charge in [0.1, 0.15) is 0 Å². The van der Waals surface area contributed by atoms with Crippen molar-refractivity contribution in [3.05, 3.63) is 11.1 Å². The third-order valence-electron chi connectivity index (χ3n) is 2.53. The summed E-state index contributed by atoms with van der Waals surface area (Å²) < 4.78 is 0. The van der Waals surface area contributed by atoms with Crippen molar-refractivity contribution >= 4 is 22.4 Å². The minimum absolute atomic E-state index is 0.000486. The van der Waals surface area contributed by atoms with Gasteiger partial charge in [-0.2, -0.15) is 0 Å². The number of anilines is 1. The van der Waals surface area contributed by atoms with Crippen LogP contribution in [0.1, 0.15) is 39.8 Å². The SMILES string of the molecule is CC(=O)NC(C)(C)C[C@@H](C)NCc1csc(N)n1. The molecule has 0 saturated heterocycles. The highest BCUT2D eigenvalue weighted by Gasteiger charge is 2.21. The van der Waals surface area contributed by atoms with Crippen LogP contribution in [0.2, 0.25) is 0 Å². The first-order valence-electron chi connectivity index (χ1n) is 6.00. The number of amides is 1. The number of nitrogen functional groups attached to an aromatic ring is 1.